The lowest BCUT2D eigenvalue weighted by Gasteiger charge is -2.10. The summed E-state index contributed by atoms with van der Waals surface area (Å²) >= 11 is 0. The second-order valence-corrected chi connectivity index (χ2v) is 4.71. The second kappa shape index (κ2) is 6.69. The van der Waals surface area contributed by atoms with Gasteiger partial charge >= 0.3 is 11.9 Å². The molecule has 0 aliphatic carbocycles. The zero-order valence-corrected chi connectivity index (χ0v) is 12.5. The number of carboxylic acids is 1. The number of rotatable bonds is 4. The summed E-state index contributed by atoms with van der Waals surface area (Å²) in [6, 6.07) is 7.35. The molecule has 0 saturated heterocycles. The van der Waals surface area contributed by atoms with Crippen molar-refractivity contribution in [2.24, 2.45) is 0 Å². The molecule has 0 radical (unpaired) electrons. The van der Waals surface area contributed by atoms with Gasteiger partial charge in [0, 0.05) is 17.4 Å². The molecular weight excluding hydrogens is 300 g/mol. The van der Waals surface area contributed by atoms with Crippen LogP contribution < -0.4 is 5.32 Å². The van der Waals surface area contributed by atoms with Crippen LogP contribution in [-0.4, -0.2) is 35.0 Å². The molecule has 0 atom stereocenters. The summed E-state index contributed by atoms with van der Waals surface area (Å²) in [5.74, 6) is -2.24. The molecule has 0 unspecified atom stereocenters. The van der Waals surface area contributed by atoms with Crippen molar-refractivity contribution in [1.82, 2.24) is 4.98 Å². The number of hydrogen-bond donors (Lipinski definition) is 2. The van der Waals surface area contributed by atoms with Crippen molar-refractivity contribution in [2.45, 2.75) is 6.92 Å². The monoisotopic (exact) mass is 314 g/mol. The second-order valence-electron chi connectivity index (χ2n) is 4.71. The number of esters is 1. The Kier molecular flexibility index (Phi) is 4.70. The van der Waals surface area contributed by atoms with E-state index in [1.165, 1.54) is 31.5 Å². The predicted molar refractivity (Wildman–Crippen MR) is 81.7 cm³/mol. The van der Waals surface area contributed by atoms with Crippen LogP contribution in [0.25, 0.3) is 0 Å². The normalized spacial score (nSPS) is 10.0. The van der Waals surface area contributed by atoms with Gasteiger partial charge in [-0.05, 0) is 36.8 Å². The molecular formula is C16H14N2O5. The number of aromatic nitrogens is 1. The standard InChI is InChI=1S/C16H14N2O5/c1-9-3-4-11(16(22)23-2)8-12(9)18-14(19)10-5-6-17-13(7-10)15(20)21/h3-8H,1-2H3,(H,18,19)(H,20,21). The van der Waals surface area contributed by atoms with Crippen LogP contribution in [0, 0.1) is 6.92 Å². The first-order valence-electron chi connectivity index (χ1n) is 6.62. The quantitative estimate of drug-likeness (QED) is 0.837. The number of amides is 1. The van der Waals surface area contributed by atoms with Crippen LogP contribution in [0.2, 0.25) is 0 Å². The largest absolute Gasteiger partial charge is 0.477 e. The Morgan fingerprint density at radius 2 is 1.87 bits per heavy atom. The maximum Gasteiger partial charge on any atom is 0.354 e. The number of anilines is 1. The summed E-state index contributed by atoms with van der Waals surface area (Å²) in [5.41, 5.74) is 1.41. The van der Waals surface area contributed by atoms with E-state index in [-0.39, 0.29) is 11.3 Å². The highest BCUT2D eigenvalue weighted by atomic mass is 16.5. The summed E-state index contributed by atoms with van der Waals surface area (Å²) in [5, 5.41) is 11.5. The smallest absolute Gasteiger partial charge is 0.354 e. The molecule has 0 bridgehead atoms. The first-order chi connectivity index (χ1) is 10.9. The maximum atomic E-state index is 12.2. The fourth-order valence-corrected chi connectivity index (χ4v) is 1.88. The van der Waals surface area contributed by atoms with Gasteiger partial charge in [-0.15, -0.1) is 0 Å². The van der Waals surface area contributed by atoms with Crippen LogP contribution in [0.15, 0.2) is 36.5 Å². The van der Waals surface area contributed by atoms with E-state index in [1.807, 2.05) is 0 Å². The minimum atomic E-state index is -1.22. The summed E-state index contributed by atoms with van der Waals surface area (Å²) in [4.78, 5) is 38.3. The van der Waals surface area contributed by atoms with Crippen LogP contribution in [0.4, 0.5) is 5.69 Å². The minimum Gasteiger partial charge on any atom is -0.477 e. The van der Waals surface area contributed by atoms with Crippen LogP contribution in [0.1, 0.15) is 36.8 Å². The Bertz CT molecular complexity index is 786. The number of carbonyl (C=O) groups excluding carboxylic acids is 2. The number of carbonyl (C=O) groups is 3. The highest BCUT2D eigenvalue weighted by Crippen LogP contribution is 2.18. The van der Waals surface area contributed by atoms with Gasteiger partial charge in [0.1, 0.15) is 5.69 Å². The van der Waals surface area contributed by atoms with Crippen molar-refractivity contribution in [3.63, 3.8) is 0 Å². The number of pyridine rings is 1. The molecule has 0 saturated carbocycles. The van der Waals surface area contributed by atoms with Gasteiger partial charge in [-0.3, -0.25) is 4.79 Å². The molecule has 0 fully saturated rings. The van der Waals surface area contributed by atoms with E-state index in [0.29, 0.717) is 11.3 Å². The third-order valence-corrected chi connectivity index (χ3v) is 3.15. The zero-order chi connectivity index (χ0) is 17.0. The van der Waals surface area contributed by atoms with Gasteiger partial charge in [0.15, 0.2) is 0 Å². The van der Waals surface area contributed by atoms with Crippen LogP contribution in [0.3, 0.4) is 0 Å². The van der Waals surface area contributed by atoms with Crippen molar-refractivity contribution < 1.29 is 24.2 Å². The third-order valence-electron chi connectivity index (χ3n) is 3.15. The third kappa shape index (κ3) is 3.70. The van der Waals surface area contributed by atoms with Gasteiger partial charge in [0.05, 0.1) is 12.7 Å². The van der Waals surface area contributed by atoms with Gasteiger partial charge in [0.2, 0.25) is 0 Å². The number of methoxy groups -OCH3 is 1. The number of hydrogen-bond acceptors (Lipinski definition) is 5. The molecule has 7 nitrogen and oxygen atoms in total. The fourth-order valence-electron chi connectivity index (χ4n) is 1.88. The van der Waals surface area contributed by atoms with E-state index in [0.717, 1.165) is 5.56 Å². The summed E-state index contributed by atoms with van der Waals surface area (Å²) in [6.07, 6.45) is 1.25. The first-order valence-corrected chi connectivity index (χ1v) is 6.62. The number of aryl methyl sites for hydroxylation is 1. The molecule has 0 aliphatic heterocycles. The molecule has 0 spiro atoms. The average molecular weight is 314 g/mol. The van der Waals surface area contributed by atoms with Crippen molar-refractivity contribution in [3.05, 3.63) is 58.9 Å². The van der Waals surface area contributed by atoms with Gasteiger partial charge in [0.25, 0.3) is 5.91 Å². The molecule has 23 heavy (non-hydrogen) atoms. The number of benzene rings is 1. The number of nitrogens with one attached hydrogen (secondary N) is 1. The van der Waals surface area contributed by atoms with Crippen LogP contribution in [-0.2, 0) is 4.74 Å². The van der Waals surface area contributed by atoms with Crippen molar-refractivity contribution in [3.8, 4) is 0 Å². The number of nitrogens with zero attached hydrogens (tertiary/aromatic N) is 1. The molecule has 1 amide bonds. The molecule has 2 aromatic rings. The first kappa shape index (κ1) is 16.2. The van der Waals surface area contributed by atoms with E-state index < -0.39 is 17.8 Å². The van der Waals surface area contributed by atoms with Gasteiger partial charge in [-0.25, -0.2) is 14.6 Å². The lowest BCUT2D eigenvalue weighted by atomic mass is 10.1. The van der Waals surface area contributed by atoms with E-state index >= 15 is 0 Å². The minimum absolute atomic E-state index is 0.153. The highest BCUT2D eigenvalue weighted by Gasteiger charge is 2.13. The van der Waals surface area contributed by atoms with Gasteiger partial charge in [-0.2, -0.15) is 0 Å². The Morgan fingerprint density at radius 1 is 1.13 bits per heavy atom. The molecule has 1 heterocycles. The van der Waals surface area contributed by atoms with Gasteiger partial charge < -0.3 is 15.2 Å². The van der Waals surface area contributed by atoms with E-state index in [1.54, 1.807) is 19.1 Å². The molecule has 7 heteroatoms. The van der Waals surface area contributed by atoms with Crippen molar-refractivity contribution in [2.75, 3.05) is 12.4 Å². The number of ether oxygens (including phenoxy) is 1. The van der Waals surface area contributed by atoms with Gasteiger partial charge in [-0.1, -0.05) is 6.07 Å². The predicted octanol–water partition coefficient (Wildman–Crippen LogP) is 2.13. The van der Waals surface area contributed by atoms with Crippen LogP contribution >= 0.6 is 0 Å². The molecule has 1 aromatic carbocycles. The van der Waals surface area contributed by atoms with Crippen molar-refractivity contribution in [1.29, 1.82) is 0 Å². The Labute approximate surface area is 131 Å². The summed E-state index contributed by atoms with van der Waals surface area (Å²) < 4.78 is 4.64. The lowest BCUT2D eigenvalue weighted by molar-refractivity contribution is 0.0599. The van der Waals surface area contributed by atoms with E-state index in [4.69, 9.17) is 5.11 Å². The molecule has 2 rings (SSSR count). The summed E-state index contributed by atoms with van der Waals surface area (Å²) in [7, 11) is 1.27. The van der Waals surface area contributed by atoms with E-state index in [9.17, 15) is 14.4 Å². The molecule has 0 aliphatic rings. The fraction of sp³-hybridized carbons (Fsp3) is 0.125. The van der Waals surface area contributed by atoms with E-state index in [2.05, 4.69) is 15.0 Å². The molecule has 118 valence electrons. The molecule has 1 aromatic heterocycles. The Balaban J connectivity index is 2.28. The summed E-state index contributed by atoms with van der Waals surface area (Å²) in [6.45, 7) is 1.77. The molecule has 2 N–H and O–H groups in total. The number of carboxylic acid groups (broad SMARTS) is 1. The topological polar surface area (TPSA) is 106 Å². The van der Waals surface area contributed by atoms with Crippen molar-refractivity contribution >= 4 is 23.5 Å². The Morgan fingerprint density at radius 3 is 2.52 bits per heavy atom. The maximum absolute atomic E-state index is 12.2. The number of aromatic carboxylic acids is 1. The Hall–Kier alpha value is -3.22. The SMILES string of the molecule is COC(=O)c1ccc(C)c(NC(=O)c2ccnc(C(=O)O)c2)c1. The zero-order valence-electron chi connectivity index (χ0n) is 12.5. The highest BCUT2D eigenvalue weighted by molar-refractivity contribution is 6.06. The average Bonchev–Trinajstić information content (AvgIpc) is 2.56. The van der Waals surface area contributed by atoms with Crippen LogP contribution in [0.5, 0.6) is 0 Å². The lowest BCUT2D eigenvalue weighted by Crippen LogP contribution is -2.15.